The molecule has 0 aromatic rings. The number of hydrogen-bond acceptors (Lipinski definition) is 2. The van der Waals surface area contributed by atoms with Crippen molar-refractivity contribution in [1.82, 2.24) is 4.23 Å². The Morgan fingerprint density at radius 1 is 1.33 bits per heavy atom. The first-order valence-corrected chi connectivity index (χ1v) is 12.6. The van der Waals surface area contributed by atoms with Crippen LogP contribution >= 0.6 is 0 Å². The van der Waals surface area contributed by atoms with Gasteiger partial charge in [0.05, 0.1) is 9.68 Å². The van der Waals surface area contributed by atoms with Crippen LogP contribution in [0.3, 0.4) is 0 Å². The van der Waals surface area contributed by atoms with Gasteiger partial charge in [-0.05, 0) is 6.04 Å². The Morgan fingerprint density at radius 3 is 2.08 bits per heavy atom. The third kappa shape index (κ3) is 3.53. The molecule has 0 N–H and O–H groups in total. The first-order chi connectivity index (χ1) is 5.45. The minimum absolute atomic E-state index is 0.00580. The first kappa shape index (κ1) is 12.6. The van der Waals surface area contributed by atoms with Crippen molar-refractivity contribution in [1.29, 1.82) is 0 Å². The van der Waals surface area contributed by atoms with Crippen molar-refractivity contribution < 1.29 is 4.43 Å². The lowest BCUT2D eigenvalue weighted by atomic mass is 10.4. The summed E-state index contributed by atoms with van der Waals surface area (Å²) in [6.45, 7) is 11.9. The average molecular weight is 222 g/mol. The third-order valence-electron chi connectivity index (χ3n) is 2.24. The number of hydrogen-bond donors (Lipinski definition) is 0. The molecular weight excluding hydrogens is 198 g/mol. The number of nitrogens with zero attached hydrogens (tertiary/aromatic N) is 1. The summed E-state index contributed by atoms with van der Waals surface area (Å²) in [6.07, 6.45) is 0. The van der Waals surface area contributed by atoms with E-state index >= 15 is 0 Å². The van der Waals surface area contributed by atoms with Crippen molar-refractivity contribution in [3.05, 3.63) is 0 Å². The van der Waals surface area contributed by atoms with Crippen molar-refractivity contribution in [2.45, 2.75) is 39.5 Å². The average Bonchev–Trinajstić information content (AvgIpc) is 1.86. The van der Waals surface area contributed by atoms with Gasteiger partial charge in [0.15, 0.2) is 9.28 Å². The molecule has 0 heterocycles. The van der Waals surface area contributed by atoms with E-state index in [4.69, 9.17) is 4.43 Å². The molecule has 5 heteroatoms. The van der Waals surface area contributed by atoms with Gasteiger partial charge in [-0.1, -0.05) is 33.5 Å². The predicted molar refractivity (Wildman–Crippen MR) is 64.4 cm³/mol. The van der Waals surface area contributed by atoms with Crippen molar-refractivity contribution >= 4 is 26.7 Å². The van der Waals surface area contributed by atoms with Crippen LogP contribution < -0.4 is 0 Å². The van der Waals surface area contributed by atoms with Crippen LogP contribution in [0, 0.1) is 0 Å². The van der Waals surface area contributed by atoms with Gasteiger partial charge in [-0.15, -0.1) is 0 Å². The van der Waals surface area contributed by atoms with Gasteiger partial charge in [0.2, 0.25) is 0 Å². The van der Waals surface area contributed by atoms with E-state index < -0.39 is 7.75 Å². The van der Waals surface area contributed by atoms with E-state index in [2.05, 4.69) is 37.7 Å². The lowest BCUT2D eigenvalue weighted by Gasteiger charge is -2.38. The van der Waals surface area contributed by atoms with Gasteiger partial charge in [-0.3, -0.25) is 0 Å². The maximum absolute atomic E-state index is 5.42. The summed E-state index contributed by atoms with van der Waals surface area (Å²) < 4.78 is 8.20. The van der Waals surface area contributed by atoms with E-state index in [0.29, 0.717) is 0 Å². The normalized spacial score (nSPS) is 15.0. The highest BCUT2D eigenvalue weighted by atomic mass is 29.2. The molecule has 0 aromatic heterocycles. The molecule has 0 aliphatic rings. The molecule has 0 aliphatic carbocycles. The summed E-state index contributed by atoms with van der Waals surface area (Å²) in [5.74, 6) is 0. The second-order valence-corrected chi connectivity index (χ2v) is 17.2. The van der Waals surface area contributed by atoms with E-state index in [1.54, 1.807) is 0 Å². The molecule has 12 heavy (non-hydrogen) atoms. The molecule has 0 spiro atoms. The molecule has 0 aromatic carbocycles. The van der Waals surface area contributed by atoms with Crippen LogP contribution in [-0.2, 0) is 4.43 Å². The smallest absolute Gasteiger partial charge is 0.166 e. The molecule has 0 atom stereocenters. The molecule has 0 radical (unpaired) electrons. The Balaban J connectivity index is 4.25. The van der Waals surface area contributed by atoms with Crippen LogP contribution in [0.2, 0.25) is 19.6 Å². The van der Waals surface area contributed by atoms with E-state index in [1.165, 1.54) is 0 Å². The minimum Gasteiger partial charge on any atom is -0.429 e. The van der Waals surface area contributed by atoms with Crippen LogP contribution in [0.25, 0.3) is 0 Å². The molecule has 2 nitrogen and oxygen atoms in total. The third-order valence-corrected chi connectivity index (χ3v) is 15.8. The molecule has 0 aliphatic heterocycles. The van der Waals surface area contributed by atoms with Crippen LogP contribution in [-0.4, -0.2) is 44.1 Å². The van der Waals surface area contributed by atoms with Crippen LogP contribution in [0.1, 0.15) is 13.8 Å². The number of rotatable bonds is 5. The summed E-state index contributed by atoms with van der Waals surface area (Å²) in [6, 6.07) is 0.742. The van der Waals surface area contributed by atoms with Crippen molar-refractivity contribution in [2.24, 2.45) is 0 Å². The van der Waals surface area contributed by atoms with Gasteiger partial charge in [0, 0.05) is 7.11 Å². The second-order valence-electron chi connectivity index (χ2n) is 4.13. The summed E-state index contributed by atoms with van der Waals surface area (Å²) in [4.78, 5) is 0. The highest BCUT2D eigenvalue weighted by molar-refractivity contribution is 7.21. The molecule has 0 saturated heterocycles. The first-order valence-electron chi connectivity index (χ1n) is 4.71. The Hall–Kier alpha value is 0.571. The fourth-order valence-electron chi connectivity index (χ4n) is 1.93. The Morgan fingerprint density at radius 2 is 1.83 bits per heavy atom. The fourth-order valence-corrected chi connectivity index (χ4v) is 14.9. The fraction of sp³-hybridized carbons (Fsp3) is 1.00. The SMILES string of the molecule is CO[SiH2][Si](C)(C)N([SiH2]C)C(C)C. The molecule has 0 unspecified atom stereocenters. The monoisotopic (exact) mass is 221 g/mol. The maximum atomic E-state index is 5.42. The van der Waals surface area contributed by atoms with E-state index in [1.807, 2.05) is 7.11 Å². The van der Waals surface area contributed by atoms with E-state index in [-0.39, 0.29) is 19.0 Å². The van der Waals surface area contributed by atoms with Gasteiger partial charge in [-0.25, -0.2) is 0 Å². The van der Waals surface area contributed by atoms with Gasteiger partial charge in [-0.2, -0.15) is 0 Å². The zero-order valence-corrected chi connectivity index (χ0v) is 13.2. The zero-order chi connectivity index (χ0) is 9.78. The topological polar surface area (TPSA) is 12.5 Å². The molecule has 74 valence electrons. The molecule has 0 bridgehead atoms. The molecule has 0 rings (SSSR count). The largest absolute Gasteiger partial charge is 0.429 e. The predicted octanol–water partition coefficient (Wildman–Crippen LogP) is 0.261. The zero-order valence-electron chi connectivity index (χ0n) is 9.35. The van der Waals surface area contributed by atoms with E-state index in [9.17, 15) is 0 Å². The highest BCUT2D eigenvalue weighted by Crippen LogP contribution is 2.10. The molecular formula is C7H23NOSi3. The van der Waals surface area contributed by atoms with Crippen LogP contribution in [0.4, 0.5) is 0 Å². The summed E-state index contributed by atoms with van der Waals surface area (Å²) in [7, 11) is 0.541. The van der Waals surface area contributed by atoms with Crippen molar-refractivity contribution in [2.75, 3.05) is 7.11 Å². The Bertz CT molecular complexity index is 130. The van der Waals surface area contributed by atoms with E-state index in [0.717, 1.165) is 6.04 Å². The van der Waals surface area contributed by atoms with Crippen LogP contribution in [0.5, 0.6) is 0 Å². The standard InChI is InChI=1S/C7H23NOSi3/c1-7(2)8(10-4)12(5,6)11-9-3/h7H,10-11H2,1-6H3. The van der Waals surface area contributed by atoms with Gasteiger partial charge in [0.1, 0.15) is 7.75 Å². The molecule has 0 fully saturated rings. The quantitative estimate of drug-likeness (QED) is 0.618. The van der Waals surface area contributed by atoms with Crippen molar-refractivity contribution in [3.8, 4) is 0 Å². The Labute approximate surface area is 82.4 Å². The van der Waals surface area contributed by atoms with Gasteiger partial charge in [0.25, 0.3) is 0 Å². The van der Waals surface area contributed by atoms with Crippen molar-refractivity contribution in [3.63, 3.8) is 0 Å². The molecule has 0 amide bonds. The van der Waals surface area contributed by atoms with Gasteiger partial charge >= 0.3 is 0 Å². The lowest BCUT2D eigenvalue weighted by molar-refractivity contribution is 0.445. The highest BCUT2D eigenvalue weighted by Gasteiger charge is 2.30. The molecule has 0 saturated carbocycles. The minimum atomic E-state index is -1.08. The van der Waals surface area contributed by atoms with Crippen LogP contribution in [0.15, 0.2) is 0 Å². The lowest BCUT2D eigenvalue weighted by Crippen LogP contribution is -2.58. The summed E-state index contributed by atoms with van der Waals surface area (Å²) in [5, 5.41) is 0. The summed E-state index contributed by atoms with van der Waals surface area (Å²) in [5.41, 5.74) is 0. The van der Waals surface area contributed by atoms with Gasteiger partial charge < -0.3 is 8.66 Å². The summed E-state index contributed by atoms with van der Waals surface area (Å²) >= 11 is 0. The Kier molecular flexibility index (Phi) is 5.59. The maximum Gasteiger partial charge on any atom is 0.166 e. The second kappa shape index (κ2) is 5.33.